The van der Waals surface area contributed by atoms with Gasteiger partial charge < -0.3 is 4.90 Å². The molecular formula is C20H18N2O3. The van der Waals surface area contributed by atoms with E-state index in [0.29, 0.717) is 27.9 Å². The molecule has 2 heterocycles. The van der Waals surface area contributed by atoms with E-state index >= 15 is 0 Å². The minimum Gasteiger partial charge on any atom is -0.339 e. The fourth-order valence-corrected chi connectivity index (χ4v) is 3.60. The molecule has 1 saturated heterocycles. The number of hydrogen-bond acceptors (Lipinski definition) is 3. The predicted octanol–water partition coefficient (Wildman–Crippen LogP) is 3.03. The van der Waals surface area contributed by atoms with E-state index in [1.54, 1.807) is 49.4 Å². The van der Waals surface area contributed by atoms with E-state index in [-0.39, 0.29) is 17.7 Å². The number of anilines is 1. The lowest BCUT2D eigenvalue weighted by Gasteiger charge is -2.21. The zero-order valence-corrected chi connectivity index (χ0v) is 14.0. The van der Waals surface area contributed by atoms with Crippen molar-refractivity contribution in [2.24, 2.45) is 0 Å². The van der Waals surface area contributed by atoms with Gasteiger partial charge in [-0.2, -0.15) is 0 Å². The molecule has 2 aromatic carbocycles. The van der Waals surface area contributed by atoms with Crippen LogP contribution in [0.1, 0.15) is 49.5 Å². The van der Waals surface area contributed by atoms with Crippen molar-refractivity contribution < 1.29 is 14.4 Å². The van der Waals surface area contributed by atoms with E-state index in [1.165, 1.54) is 4.90 Å². The first-order valence-corrected chi connectivity index (χ1v) is 8.46. The molecule has 2 aromatic rings. The molecule has 0 spiro atoms. The molecule has 4 rings (SSSR count). The molecule has 0 aromatic heterocycles. The van der Waals surface area contributed by atoms with Crippen LogP contribution in [0.5, 0.6) is 0 Å². The summed E-state index contributed by atoms with van der Waals surface area (Å²) in [5.74, 6) is -0.711. The van der Waals surface area contributed by atoms with Crippen molar-refractivity contribution in [3.05, 3.63) is 64.7 Å². The number of fused-ring (bicyclic) bond motifs is 1. The van der Waals surface area contributed by atoms with Crippen LogP contribution in [0.25, 0.3) is 0 Å². The minimum atomic E-state index is -0.338. The first-order chi connectivity index (χ1) is 12.1. The molecule has 0 radical (unpaired) electrons. The van der Waals surface area contributed by atoms with E-state index in [4.69, 9.17) is 0 Å². The van der Waals surface area contributed by atoms with Gasteiger partial charge in [0, 0.05) is 18.7 Å². The van der Waals surface area contributed by atoms with Gasteiger partial charge >= 0.3 is 0 Å². The Hall–Kier alpha value is -2.95. The molecule has 0 N–H and O–H groups in total. The molecule has 0 atom stereocenters. The topological polar surface area (TPSA) is 57.7 Å². The number of carbonyl (C=O) groups excluding carboxylic acids is 3. The fraction of sp³-hybridized carbons (Fsp3) is 0.250. The van der Waals surface area contributed by atoms with Crippen molar-refractivity contribution in [1.82, 2.24) is 4.90 Å². The van der Waals surface area contributed by atoms with Gasteiger partial charge in [-0.1, -0.05) is 18.2 Å². The summed E-state index contributed by atoms with van der Waals surface area (Å²) in [5, 5.41) is 0. The van der Waals surface area contributed by atoms with E-state index in [1.807, 2.05) is 4.90 Å². The van der Waals surface area contributed by atoms with Gasteiger partial charge in [0.1, 0.15) is 0 Å². The molecule has 0 saturated carbocycles. The van der Waals surface area contributed by atoms with E-state index < -0.39 is 0 Å². The summed E-state index contributed by atoms with van der Waals surface area (Å²) in [4.78, 5) is 41.2. The minimum absolute atomic E-state index is 0.0338. The van der Waals surface area contributed by atoms with Crippen LogP contribution in [0.15, 0.2) is 42.5 Å². The molecule has 0 aliphatic carbocycles. The van der Waals surface area contributed by atoms with Gasteiger partial charge in [-0.05, 0) is 49.6 Å². The van der Waals surface area contributed by atoms with Gasteiger partial charge in [0.2, 0.25) is 0 Å². The van der Waals surface area contributed by atoms with Crippen molar-refractivity contribution in [3.8, 4) is 0 Å². The van der Waals surface area contributed by atoms with Crippen LogP contribution in [0, 0.1) is 6.92 Å². The summed E-state index contributed by atoms with van der Waals surface area (Å²) in [7, 11) is 0. The SMILES string of the molecule is Cc1c(C(=O)N2CCCC2)cccc1N1C(=O)c2ccccc2C1=O. The third kappa shape index (κ3) is 2.35. The van der Waals surface area contributed by atoms with Crippen LogP contribution in [0.4, 0.5) is 5.69 Å². The normalized spacial score (nSPS) is 16.5. The molecule has 25 heavy (non-hydrogen) atoms. The van der Waals surface area contributed by atoms with Crippen LogP contribution in [0.2, 0.25) is 0 Å². The molecule has 2 aliphatic heterocycles. The quantitative estimate of drug-likeness (QED) is 0.793. The fourth-order valence-electron chi connectivity index (χ4n) is 3.60. The Bertz CT molecular complexity index is 863. The highest BCUT2D eigenvalue weighted by atomic mass is 16.2. The van der Waals surface area contributed by atoms with Crippen molar-refractivity contribution in [1.29, 1.82) is 0 Å². The first kappa shape index (κ1) is 15.6. The second kappa shape index (κ2) is 5.84. The van der Waals surface area contributed by atoms with Gasteiger partial charge in [-0.25, -0.2) is 4.90 Å². The number of nitrogens with zero attached hydrogens (tertiary/aromatic N) is 2. The van der Waals surface area contributed by atoms with Crippen molar-refractivity contribution in [3.63, 3.8) is 0 Å². The number of amides is 3. The molecule has 5 nitrogen and oxygen atoms in total. The molecule has 3 amide bonds. The largest absolute Gasteiger partial charge is 0.339 e. The standard InChI is InChI=1S/C20H18N2O3/c1-13-14(18(23)21-11-4-5-12-21)9-6-10-17(13)22-19(24)15-7-2-3-8-16(15)20(22)25/h2-3,6-10H,4-5,11-12H2,1H3. The Morgan fingerprint density at radius 2 is 1.48 bits per heavy atom. The molecule has 0 unspecified atom stereocenters. The Balaban J connectivity index is 1.75. The summed E-state index contributed by atoms with van der Waals surface area (Å²) < 4.78 is 0. The van der Waals surface area contributed by atoms with E-state index in [2.05, 4.69) is 0 Å². The van der Waals surface area contributed by atoms with Crippen LogP contribution < -0.4 is 4.90 Å². The lowest BCUT2D eigenvalue weighted by molar-refractivity contribution is 0.0790. The highest BCUT2D eigenvalue weighted by Crippen LogP contribution is 2.32. The monoisotopic (exact) mass is 334 g/mol. The lowest BCUT2D eigenvalue weighted by Crippen LogP contribution is -2.32. The highest BCUT2D eigenvalue weighted by molar-refractivity contribution is 6.34. The lowest BCUT2D eigenvalue weighted by atomic mass is 10.0. The van der Waals surface area contributed by atoms with Crippen molar-refractivity contribution >= 4 is 23.4 Å². The number of benzene rings is 2. The highest BCUT2D eigenvalue weighted by Gasteiger charge is 2.37. The van der Waals surface area contributed by atoms with Gasteiger partial charge in [-0.3, -0.25) is 14.4 Å². The van der Waals surface area contributed by atoms with Gasteiger partial charge in [0.25, 0.3) is 17.7 Å². The molecule has 2 aliphatic rings. The van der Waals surface area contributed by atoms with Crippen LogP contribution in [-0.2, 0) is 0 Å². The average molecular weight is 334 g/mol. The van der Waals surface area contributed by atoms with Crippen molar-refractivity contribution in [2.75, 3.05) is 18.0 Å². The predicted molar refractivity (Wildman–Crippen MR) is 93.9 cm³/mol. The second-order valence-corrected chi connectivity index (χ2v) is 6.44. The number of hydrogen-bond donors (Lipinski definition) is 0. The zero-order valence-electron chi connectivity index (χ0n) is 14.0. The third-order valence-electron chi connectivity index (χ3n) is 4.96. The summed E-state index contributed by atoms with van der Waals surface area (Å²) in [5.41, 5.74) is 2.51. The first-order valence-electron chi connectivity index (χ1n) is 8.46. The van der Waals surface area contributed by atoms with Crippen LogP contribution in [0.3, 0.4) is 0 Å². The molecule has 126 valence electrons. The van der Waals surface area contributed by atoms with Gasteiger partial charge in [0.15, 0.2) is 0 Å². The molecule has 5 heteroatoms. The Morgan fingerprint density at radius 3 is 2.08 bits per heavy atom. The van der Waals surface area contributed by atoms with Gasteiger partial charge in [-0.15, -0.1) is 0 Å². The molecular weight excluding hydrogens is 316 g/mol. The zero-order chi connectivity index (χ0) is 17.6. The molecule has 0 bridgehead atoms. The maximum absolute atomic E-state index is 12.8. The van der Waals surface area contributed by atoms with Crippen LogP contribution in [-0.4, -0.2) is 35.7 Å². The Morgan fingerprint density at radius 1 is 0.880 bits per heavy atom. The number of imide groups is 1. The smallest absolute Gasteiger partial charge is 0.266 e. The van der Waals surface area contributed by atoms with E-state index in [9.17, 15) is 14.4 Å². The summed E-state index contributed by atoms with van der Waals surface area (Å²) in [6.07, 6.45) is 2.03. The summed E-state index contributed by atoms with van der Waals surface area (Å²) in [6, 6.07) is 12.0. The maximum atomic E-state index is 12.8. The second-order valence-electron chi connectivity index (χ2n) is 6.44. The number of rotatable bonds is 2. The summed E-state index contributed by atoms with van der Waals surface area (Å²) in [6.45, 7) is 3.31. The van der Waals surface area contributed by atoms with Crippen molar-refractivity contribution in [2.45, 2.75) is 19.8 Å². The van der Waals surface area contributed by atoms with Crippen LogP contribution >= 0.6 is 0 Å². The Kier molecular flexibility index (Phi) is 3.64. The van der Waals surface area contributed by atoms with E-state index in [0.717, 1.165) is 25.9 Å². The number of likely N-dealkylation sites (tertiary alicyclic amines) is 1. The van der Waals surface area contributed by atoms with Gasteiger partial charge in [0.05, 0.1) is 16.8 Å². The average Bonchev–Trinajstić information content (AvgIpc) is 3.24. The third-order valence-corrected chi connectivity index (χ3v) is 4.96. The molecule has 1 fully saturated rings. The Labute approximate surface area is 145 Å². The maximum Gasteiger partial charge on any atom is 0.266 e. The summed E-state index contributed by atoms with van der Waals surface area (Å²) >= 11 is 0. The number of carbonyl (C=O) groups is 3.